The summed E-state index contributed by atoms with van der Waals surface area (Å²) in [5, 5.41) is 14.4. The Morgan fingerprint density at radius 3 is 3.07 bits per heavy atom. The summed E-state index contributed by atoms with van der Waals surface area (Å²) >= 11 is 0. The lowest BCUT2D eigenvalue weighted by Crippen LogP contribution is -2.24. The van der Waals surface area contributed by atoms with Crippen molar-refractivity contribution in [3.8, 4) is 0 Å². The van der Waals surface area contributed by atoms with Gasteiger partial charge in [0.05, 0.1) is 0 Å². The van der Waals surface area contributed by atoms with Crippen molar-refractivity contribution < 1.29 is 9.94 Å². The molecule has 1 aliphatic heterocycles. The van der Waals surface area contributed by atoms with Gasteiger partial charge in [-0.1, -0.05) is 5.16 Å². The first-order valence-corrected chi connectivity index (χ1v) is 5.08. The molecule has 5 heteroatoms. The summed E-state index contributed by atoms with van der Waals surface area (Å²) in [6.07, 6.45) is 2.93. The zero-order chi connectivity index (χ0) is 10.2. The van der Waals surface area contributed by atoms with Gasteiger partial charge in [-0.15, -0.1) is 0 Å². The molecule has 0 amide bonds. The van der Waals surface area contributed by atoms with Gasteiger partial charge in [0.1, 0.15) is 5.84 Å². The first-order chi connectivity index (χ1) is 6.83. The maximum Gasteiger partial charge on any atom is 0.140 e. The number of nitrogens with one attached hydrogen (secondary N) is 1. The number of oxime groups is 1. The Kier molecular flexibility index (Phi) is 5.32. The Balaban J connectivity index is 1.89. The fraction of sp³-hybridized carbons (Fsp3) is 0.889. The van der Waals surface area contributed by atoms with Gasteiger partial charge in [0.15, 0.2) is 0 Å². The van der Waals surface area contributed by atoms with Gasteiger partial charge < -0.3 is 21.0 Å². The maximum atomic E-state index is 8.28. The second-order valence-electron chi connectivity index (χ2n) is 3.61. The van der Waals surface area contributed by atoms with Crippen molar-refractivity contribution in [3.05, 3.63) is 0 Å². The van der Waals surface area contributed by atoms with E-state index in [1.54, 1.807) is 0 Å². The van der Waals surface area contributed by atoms with E-state index in [9.17, 15) is 0 Å². The normalized spacial score (nSPS) is 22.9. The van der Waals surface area contributed by atoms with Crippen molar-refractivity contribution in [1.82, 2.24) is 5.32 Å². The van der Waals surface area contributed by atoms with Crippen molar-refractivity contribution in [1.29, 1.82) is 0 Å². The first kappa shape index (κ1) is 11.3. The highest BCUT2D eigenvalue weighted by molar-refractivity contribution is 5.79. The van der Waals surface area contributed by atoms with Crippen LogP contribution in [0.5, 0.6) is 0 Å². The van der Waals surface area contributed by atoms with Gasteiger partial charge >= 0.3 is 0 Å². The van der Waals surface area contributed by atoms with Crippen LogP contribution in [0.2, 0.25) is 0 Å². The molecule has 1 fully saturated rings. The van der Waals surface area contributed by atoms with E-state index in [1.165, 1.54) is 6.42 Å². The first-order valence-electron chi connectivity index (χ1n) is 5.08. The van der Waals surface area contributed by atoms with Gasteiger partial charge in [-0.25, -0.2) is 0 Å². The molecule has 0 aromatic carbocycles. The van der Waals surface area contributed by atoms with Gasteiger partial charge in [0.25, 0.3) is 0 Å². The summed E-state index contributed by atoms with van der Waals surface area (Å²) in [6.45, 7) is 3.56. The second-order valence-corrected chi connectivity index (χ2v) is 3.61. The molecule has 1 aliphatic rings. The third-order valence-electron chi connectivity index (χ3n) is 2.44. The van der Waals surface area contributed by atoms with Crippen molar-refractivity contribution in [2.45, 2.75) is 19.3 Å². The molecule has 0 spiro atoms. The van der Waals surface area contributed by atoms with E-state index in [2.05, 4.69) is 10.5 Å². The van der Waals surface area contributed by atoms with Crippen molar-refractivity contribution in [3.63, 3.8) is 0 Å². The largest absolute Gasteiger partial charge is 0.409 e. The minimum Gasteiger partial charge on any atom is -0.409 e. The van der Waals surface area contributed by atoms with Crippen LogP contribution in [0.3, 0.4) is 0 Å². The second kappa shape index (κ2) is 6.62. The molecule has 0 bridgehead atoms. The van der Waals surface area contributed by atoms with Crippen LogP contribution >= 0.6 is 0 Å². The Bertz CT molecular complexity index is 179. The van der Waals surface area contributed by atoms with Crippen LogP contribution < -0.4 is 11.1 Å². The van der Waals surface area contributed by atoms with Crippen LogP contribution in [0.4, 0.5) is 0 Å². The summed E-state index contributed by atoms with van der Waals surface area (Å²) in [7, 11) is 0. The molecule has 5 nitrogen and oxygen atoms in total. The summed E-state index contributed by atoms with van der Waals surface area (Å²) in [5.41, 5.74) is 5.32. The van der Waals surface area contributed by atoms with Gasteiger partial charge in [0.2, 0.25) is 0 Å². The van der Waals surface area contributed by atoms with E-state index in [0.29, 0.717) is 12.3 Å². The summed E-state index contributed by atoms with van der Waals surface area (Å²) in [6, 6.07) is 0. The molecular formula is C9H19N3O2. The number of hydrogen-bond acceptors (Lipinski definition) is 4. The van der Waals surface area contributed by atoms with Crippen LogP contribution in [0.15, 0.2) is 5.16 Å². The highest BCUT2D eigenvalue weighted by Crippen LogP contribution is 2.14. The number of nitrogens with zero attached hydrogens (tertiary/aromatic N) is 1. The number of hydrogen-bond donors (Lipinski definition) is 3. The fourth-order valence-corrected chi connectivity index (χ4v) is 1.51. The van der Waals surface area contributed by atoms with E-state index in [1.807, 2.05) is 0 Å². The lowest BCUT2D eigenvalue weighted by Gasteiger charge is -2.07. The molecule has 1 atom stereocenters. The summed E-state index contributed by atoms with van der Waals surface area (Å²) < 4.78 is 5.27. The third kappa shape index (κ3) is 4.43. The highest BCUT2D eigenvalue weighted by atomic mass is 16.5. The minimum absolute atomic E-state index is 0.279. The maximum absolute atomic E-state index is 8.28. The van der Waals surface area contributed by atoms with Crippen LogP contribution in [-0.2, 0) is 4.74 Å². The monoisotopic (exact) mass is 201 g/mol. The summed E-state index contributed by atoms with van der Waals surface area (Å²) in [4.78, 5) is 0. The fourth-order valence-electron chi connectivity index (χ4n) is 1.51. The quantitative estimate of drug-likeness (QED) is 0.188. The Hall–Kier alpha value is -0.810. The van der Waals surface area contributed by atoms with E-state index in [4.69, 9.17) is 15.7 Å². The molecule has 1 saturated heterocycles. The lowest BCUT2D eigenvalue weighted by atomic mass is 10.1. The van der Waals surface area contributed by atoms with Crippen LogP contribution in [0.25, 0.3) is 0 Å². The molecule has 82 valence electrons. The molecule has 14 heavy (non-hydrogen) atoms. The Labute approximate surface area is 84.3 Å². The molecule has 0 aromatic rings. The van der Waals surface area contributed by atoms with E-state index < -0.39 is 0 Å². The smallest absolute Gasteiger partial charge is 0.140 e. The van der Waals surface area contributed by atoms with Crippen LogP contribution in [-0.4, -0.2) is 37.3 Å². The van der Waals surface area contributed by atoms with Crippen molar-refractivity contribution in [2.24, 2.45) is 16.8 Å². The van der Waals surface area contributed by atoms with Gasteiger partial charge in [-0.3, -0.25) is 0 Å². The Morgan fingerprint density at radius 2 is 2.43 bits per heavy atom. The standard InChI is InChI=1S/C9H19N3O2/c10-9(12-13)2-5-11-4-1-8-3-6-14-7-8/h8,11,13H,1-7H2,(H2,10,12). The highest BCUT2D eigenvalue weighted by Gasteiger charge is 2.14. The summed E-state index contributed by atoms with van der Waals surface area (Å²) in [5.74, 6) is 0.994. The average Bonchev–Trinajstić information content (AvgIpc) is 2.69. The molecule has 1 heterocycles. The number of ether oxygens (including phenoxy) is 1. The van der Waals surface area contributed by atoms with Gasteiger partial charge in [-0.2, -0.15) is 0 Å². The molecular weight excluding hydrogens is 182 g/mol. The minimum atomic E-state index is 0.279. The molecule has 1 unspecified atom stereocenters. The van der Waals surface area contributed by atoms with Crippen LogP contribution in [0.1, 0.15) is 19.3 Å². The number of amidine groups is 1. The van der Waals surface area contributed by atoms with E-state index >= 15 is 0 Å². The number of rotatable bonds is 6. The topological polar surface area (TPSA) is 79.9 Å². The van der Waals surface area contributed by atoms with Gasteiger partial charge in [-0.05, 0) is 25.3 Å². The zero-order valence-electron chi connectivity index (χ0n) is 8.41. The molecule has 4 N–H and O–H groups in total. The van der Waals surface area contributed by atoms with E-state index in [-0.39, 0.29) is 5.84 Å². The van der Waals surface area contributed by atoms with Crippen LogP contribution in [0, 0.1) is 5.92 Å². The SMILES string of the molecule is NC(CCNCCC1CCOC1)=NO. The average molecular weight is 201 g/mol. The number of nitrogens with two attached hydrogens (primary N) is 1. The third-order valence-corrected chi connectivity index (χ3v) is 2.44. The Morgan fingerprint density at radius 1 is 1.57 bits per heavy atom. The van der Waals surface area contributed by atoms with Gasteiger partial charge in [0, 0.05) is 26.2 Å². The van der Waals surface area contributed by atoms with Crippen molar-refractivity contribution in [2.75, 3.05) is 26.3 Å². The molecule has 0 aliphatic carbocycles. The van der Waals surface area contributed by atoms with E-state index in [0.717, 1.165) is 32.7 Å². The van der Waals surface area contributed by atoms with Crippen molar-refractivity contribution >= 4 is 5.84 Å². The molecule has 0 radical (unpaired) electrons. The zero-order valence-corrected chi connectivity index (χ0v) is 8.41. The lowest BCUT2D eigenvalue weighted by molar-refractivity contribution is 0.184. The molecule has 0 saturated carbocycles. The molecule has 1 rings (SSSR count). The predicted octanol–water partition coefficient (Wildman–Crippen LogP) is 0.139. The predicted molar refractivity (Wildman–Crippen MR) is 54.4 cm³/mol. The molecule has 0 aromatic heterocycles.